The number of benzene rings is 1. The summed E-state index contributed by atoms with van der Waals surface area (Å²) in [6, 6.07) is 15.4. The number of anilines is 2. The monoisotopic (exact) mass is 577 g/mol. The van der Waals surface area contributed by atoms with Crippen LogP contribution in [0.15, 0.2) is 81.5 Å². The molecule has 0 radical (unpaired) electrons. The van der Waals surface area contributed by atoms with Gasteiger partial charge < -0.3 is 15.0 Å². The third kappa shape index (κ3) is 5.61. The number of likely N-dealkylation sites (tertiary alicyclic amines) is 1. The lowest BCUT2D eigenvalue weighted by molar-refractivity contribution is -0.131. The molecule has 0 aliphatic carbocycles. The number of nitrogens with one attached hydrogen (secondary N) is 1. The van der Waals surface area contributed by atoms with E-state index in [-0.39, 0.29) is 18.7 Å². The van der Waals surface area contributed by atoms with Crippen molar-refractivity contribution < 1.29 is 13.9 Å². The van der Waals surface area contributed by atoms with Crippen molar-refractivity contribution in [2.45, 2.75) is 35.2 Å². The number of thiazole rings is 1. The van der Waals surface area contributed by atoms with Crippen molar-refractivity contribution in [2.24, 2.45) is 0 Å². The summed E-state index contributed by atoms with van der Waals surface area (Å²) in [5.74, 6) is 1.66. The number of hydrogen-bond donors (Lipinski definition) is 1. The van der Waals surface area contributed by atoms with E-state index >= 15 is 4.39 Å². The summed E-state index contributed by atoms with van der Waals surface area (Å²) in [6.45, 7) is 2.29. The minimum Gasteiger partial charge on any atom is -0.453 e. The quantitative estimate of drug-likeness (QED) is 0.213. The summed E-state index contributed by atoms with van der Waals surface area (Å²) < 4.78 is 23.1. The van der Waals surface area contributed by atoms with Crippen LogP contribution in [-0.2, 0) is 10.5 Å². The first kappa shape index (κ1) is 25.7. The Morgan fingerprint density at radius 1 is 1.13 bits per heavy atom. The molecule has 0 bridgehead atoms. The predicted molar refractivity (Wildman–Crippen MR) is 154 cm³/mol. The zero-order valence-electron chi connectivity index (χ0n) is 21.0. The maximum absolute atomic E-state index is 15.7. The Hall–Kier alpha value is -3.54. The van der Waals surface area contributed by atoms with Crippen LogP contribution in [0.3, 0.4) is 0 Å². The van der Waals surface area contributed by atoms with Gasteiger partial charge in [0, 0.05) is 66.5 Å². The van der Waals surface area contributed by atoms with Crippen molar-refractivity contribution in [3.8, 4) is 11.5 Å². The second-order valence-electron chi connectivity index (χ2n) is 9.11. The molecule has 7 nitrogen and oxygen atoms in total. The number of ether oxygens (including phenoxy) is 1. The number of thiophene rings is 1. The average molecular weight is 578 g/mol. The molecule has 11 heteroatoms. The van der Waals surface area contributed by atoms with E-state index in [1.54, 1.807) is 39.6 Å². The standard InChI is InChI=1S/C28H24FN5O2S3/c1-18(35)34-12-9-28(29,10-13-34)24-17-38-27(32-24)33-26-22(36-19-5-3-2-4-6-19)15-20(16-31-26)39-23-7-11-30-21-8-14-37-25(21)23/h2-8,11,14-17H,9-10,12-13H2,1H3,(H,31,32,33). The smallest absolute Gasteiger partial charge is 0.219 e. The van der Waals surface area contributed by atoms with E-state index in [1.165, 1.54) is 18.3 Å². The normalized spacial score (nSPS) is 14.9. The van der Waals surface area contributed by atoms with Crippen LogP contribution < -0.4 is 10.1 Å². The van der Waals surface area contributed by atoms with E-state index in [0.29, 0.717) is 41.2 Å². The van der Waals surface area contributed by atoms with E-state index < -0.39 is 5.67 Å². The number of amides is 1. The first-order valence-electron chi connectivity index (χ1n) is 12.4. The lowest BCUT2D eigenvalue weighted by Gasteiger charge is -2.34. The SMILES string of the molecule is CC(=O)N1CCC(F)(c2csc(Nc3ncc(Sc4ccnc5ccsc45)cc3Oc3ccccc3)n2)CC1. The first-order chi connectivity index (χ1) is 19.0. The second kappa shape index (κ2) is 10.9. The van der Waals surface area contributed by atoms with Gasteiger partial charge in [-0.25, -0.2) is 14.4 Å². The average Bonchev–Trinajstić information content (AvgIpc) is 3.62. The molecule has 1 aliphatic rings. The number of aromatic nitrogens is 3. The lowest BCUT2D eigenvalue weighted by atomic mass is 9.90. The summed E-state index contributed by atoms with van der Waals surface area (Å²) in [6.07, 6.45) is 4.06. The number of hydrogen-bond acceptors (Lipinski definition) is 9. The van der Waals surface area contributed by atoms with Gasteiger partial charge in [0.2, 0.25) is 5.91 Å². The molecule has 4 aromatic heterocycles. The zero-order chi connectivity index (χ0) is 26.8. The van der Waals surface area contributed by atoms with E-state index in [9.17, 15) is 4.79 Å². The zero-order valence-corrected chi connectivity index (χ0v) is 23.4. The summed E-state index contributed by atoms with van der Waals surface area (Å²) in [5, 5.41) is 7.53. The van der Waals surface area contributed by atoms with Gasteiger partial charge in [0.15, 0.2) is 22.4 Å². The largest absolute Gasteiger partial charge is 0.453 e. The highest BCUT2D eigenvalue weighted by Gasteiger charge is 2.39. The van der Waals surface area contributed by atoms with Gasteiger partial charge in [-0.3, -0.25) is 9.78 Å². The number of fused-ring (bicyclic) bond motifs is 1. The molecule has 0 spiro atoms. The number of rotatable bonds is 7. The molecular weight excluding hydrogens is 554 g/mol. The minimum absolute atomic E-state index is 0.0277. The van der Waals surface area contributed by atoms with Gasteiger partial charge >= 0.3 is 0 Å². The molecule has 1 aliphatic heterocycles. The molecule has 198 valence electrons. The Morgan fingerprint density at radius 2 is 1.95 bits per heavy atom. The molecule has 1 aromatic carbocycles. The van der Waals surface area contributed by atoms with Crippen LogP contribution >= 0.6 is 34.4 Å². The van der Waals surface area contributed by atoms with E-state index in [1.807, 2.05) is 60.1 Å². The van der Waals surface area contributed by atoms with Crippen molar-refractivity contribution in [1.82, 2.24) is 19.9 Å². The highest BCUT2D eigenvalue weighted by atomic mass is 32.2. The number of carbonyl (C=O) groups excluding carboxylic acids is 1. The molecule has 6 rings (SSSR count). The third-order valence-electron chi connectivity index (χ3n) is 6.52. The molecule has 0 atom stereocenters. The van der Waals surface area contributed by atoms with Crippen LogP contribution in [-0.4, -0.2) is 38.8 Å². The number of carbonyl (C=O) groups is 1. The maximum atomic E-state index is 15.7. The first-order valence-corrected chi connectivity index (χ1v) is 14.9. The topological polar surface area (TPSA) is 80.2 Å². The van der Waals surface area contributed by atoms with E-state index in [0.717, 1.165) is 20.0 Å². The molecule has 5 heterocycles. The molecule has 5 aromatic rings. The summed E-state index contributed by atoms with van der Waals surface area (Å²) in [7, 11) is 0. The number of piperidine rings is 1. The van der Waals surface area contributed by atoms with E-state index in [2.05, 4.69) is 20.3 Å². The van der Waals surface area contributed by atoms with Crippen molar-refractivity contribution in [3.63, 3.8) is 0 Å². The van der Waals surface area contributed by atoms with Crippen LogP contribution in [0.4, 0.5) is 15.3 Å². The Bertz CT molecular complexity index is 1620. The Morgan fingerprint density at radius 3 is 2.74 bits per heavy atom. The van der Waals surface area contributed by atoms with Crippen LogP contribution in [0.1, 0.15) is 25.5 Å². The highest BCUT2D eigenvalue weighted by Crippen LogP contribution is 2.41. The number of nitrogens with zero attached hydrogens (tertiary/aromatic N) is 4. The minimum atomic E-state index is -1.56. The molecule has 1 saturated heterocycles. The van der Waals surface area contributed by atoms with Crippen molar-refractivity contribution in [2.75, 3.05) is 18.4 Å². The van der Waals surface area contributed by atoms with Gasteiger partial charge in [-0.2, -0.15) is 0 Å². The van der Waals surface area contributed by atoms with Crippen molar-refractivity contribution >= 4 is 61.5 Å². The third-order valence-corrected chi connectivity index (χ3v) is 9.37. The van der Waals surface area contributed by atoms with Crippen LogP contribution in [0, 0.1) is 0 Å². The lowest BCUT2D eigenvalue weighted by Crippen LogP contribution is -2.42. The van der Waals surface area contributed by atoms with Gasteiger partial charge in [-0.1, -0.05) is 30.0 Å². The summed E-state index contributed by atoms with van der Waals surface area (Å²) in [4.78, 5) is 29.0. The molecule has 1 fully saturated rings. The van der Waals surface area contributed by atoms with Gasteiger partial charge in [-0.05, 0) is 29.6 Å². The Kier molecular flexibility index (Phi) is 7.20. The van der Waals surface area contributed by atoms with Crippen LogP contribution in [0.25, 0.3) is 10.2 Å². The predicted octanol–water partition coefficient (Wildman–Crippen LogP) is 7.64. The fourth-order valence-electron chi connectivity index (χ4n) is 4.40. The van der Waals surface area contributed by atoms with E-state index in [4.69, 9.17) is 4.74 Å². The molecule has 1 amide bonds. The molecule has 0 saturated carbocycles. The van der Waals surface area contributed by atoms with Gasteiger partial charge in [0.25, 0.3) is 0 Å². The summed E-state index contributed by atoms with van der Waals surface area (Å²) >= 11 is 4.57. The maximum Gasteiger partial charge on any atom is 0.219 e. The fraction of sp³-hybridized carbons (Fsp3) is 0.214. The van der Waals surface area contributed by atoms with Crippen LogP contribution in [0.5, 0.6) is 11.5 Å². The number of alkyl halides is 1. The Balaban J connectivity index is 1.26. The second-order valence-corrected chi connectivity index (χ2v) is 12.0. The van der Waals surface area contributed by atoms with Crippen molar-refractivity contribution in [1.29, 1.82) is 0 Å². The molecule has 0 unspecified atom stereocenters. The molecular formula is C28H24FN5O2S3. The van der Waals surface area contributed by atoms with Crippen molar-refractivity contribution in [3.05, 3.63) is 77.4 Å². The Labute approximate surface area is 237 Å². The summed E-state index contributed by atoms with van der Waals surface area (Å²) in [5.41, 5.74) is -0.208. The molecule has 1 N–H and O–H groups in total. The number of pyridine rings is 2. The highest BCUT2D eigenvalue weighted by molar-refractivity contribution is 7.99. The number of halogens is 1. The van der Waals surface area contributed by atoms with Gasteiger partial charge in [0.05, 0.1) is 15.9 Å². The van der Waals surface area contributed by atoms with Crippen LogP contribution in [0.2, 0.25) is 0 Å². The van der Waals surface area contributed by atoms with Gasteiger partial charge in [0.1, 0.15) is 5.75 Å². The van der Waals surface area contributed by atoms with Gasteiger partial charge in [-0.15, -0.1) is 22.7 Å². The number of para-hydroxylation sites is 1. The fourth-order valence-corrected chi connectivity index (χ4v) is 7.07. The molecule has 39 heavy (non-hydrogen) atoms.